The molecule has 0 N–H and O–H groups in total. The van der Waals surface area contributed by atoms with Gasteiger partial charge >= 0.3 is 7.60 Å². The Balaban J connectivity index is 4.75. The lowest BCUT2D eigenvalue weighted by atomic mass is 10.7. The highest BCUT2D eigenvalue weighted by Crippen LogP contribution is 2.55. The molecule has 0 heterocycles. The first-order valence-electron chi connectivity index (χ1n) is 2.89. The van der Waals surface area contributed by atoms with Gasteiger partial charge in [-0.2, -0.15) is 5.26 Å². The second-order valence-electron chi connectivity index (χ2n) is 1.60. The maximum absolute atomic E-state index is 11.4. The lowest BCUT2D eigenvalue weighted by molar-refractivity contribution is 0.338. The van der Waals surface area contributed by atoms with Gasteiger partial charge in [0.1, 0.15) is 6.07 Å². The van der Waals surface area contributed by atoms with Gasteiger partial charge in [0.2, 0.25) is 0 Å². The number of rotatable bonds is 5. The fourth-order valence-electron chi connectivity index (χ4n) is 0.410. The van der Waals surface area contributed by atoms with Crippen molar-refractivity contribution < 1.29 is 13.6 Å². The summed E-state index contributed by atoms with van der Waals surface area (Å²) < 4.78 is 20.5. The molecule has 0 spiro atoms. The van der Waals surface area contributed by atoms with Crippen LogP contribution in [0.5, 0.6) is 0 Å². The van der Waals surface area contributed by atoms with E-state index in [4.69, 9.17) is 5.26 Å². The van der Waals surface area contributed by atoms with Crippen LogP contribution < -0.4 is 0 Å². The average Bonchev–Trinajstić information content (AvgIpc) is 2.04. The molecule has 0 aromatic heterocycles. The fraction of sp³-hybridized carbons (Fsp3) is 0. The summed E-state index contributed by atoms with van der Waals surface area (Å²) in [5, 5.41) is 8.08. The smallest absolute Gasteiger partial charge is 0.421 e. The SMILES string of the molecule is C=COP(=O)(OC=C)C(=C)C#N. The molecular formula is C7H8NO3P. The lowest BCUT2D eigenvalue weighted by Crippen LogP contribution is -1.87. The maximum Gasteiger partial charge on any atom is 0.471 e. The first-order valence-corrected chi connectivity index (χ1v) is 4.43. The zero-order chi connectivity index (χ0) is 9.61. The van der Waals surface area contributed by atoms with E-state index < -0.39 is 7.60 Å². The van der Waals surface area contributed by atoms with Crippen molar-refractivity contribution >= 4 is 7.60 Å². The van der Waals surface area contributed by atoms with Crippen molar-refractivity contribution in [2.45, 2.75) is 0 Å². The highest BCUT2D eigenvalue weighted by atomic mass is 31.2. The second-order valence-corrected chi connectivity index (χ2v) is 3.56. The van der Waals surface area contributed by atoms with Crippen molar-refractivity contribution in [3.8, 4) is 6.07 Å². The van der Waals surface area contributed by atoms with Gasteiger partial charge in [-0.25, -0.2) is 4.57 Å². The minimum absolute atomic E-state index is 0.290. The molecule has 12 heavy (non-hydrogen) atoms. The summed E-state index contributed by atoms with van der Waals surface area (Å²) in [4.78, 5) is 0. The Bertz CT molecular complexity index is 276. The third-order valence-electron chi connectivity index (χ3n) is 0.886. The van der Waals surface area contributed by atoms with Crippen molar-refractivity contribution in [1.82, 2.24) is 0 Å². The Morgan fingerprint density at radius 2 is 1.83 bits per heavy atom. The monoisotopic (exact) mass is 185 g/mol. The molecule has 0 amide bonds. The number of allylic oxidation sites excluding steroid dienone is 1. The Kier molecular flexibility index (Phi) is 3.89. The molecule has 0 radical (unpaired) electrons. The van der Waals surface area contributed by atoms with Crippen LogP contribution in [0.2, 0.25) is 0 Å². The molecule has 0 unspecified atom stereocenters. The van der Waals surface area contributed by atoms with Gasteiger partial charge in [0.05, 0.1) is 12.5 Å². The predicted octanol–water partition coefficient (Wildman–Crippen LogP) is 2.54. The van der Waals surface area contributed by atoms with Crippen LogP contribution in [-0.2, 0) is 13.6 Å². The molecule has 0 aromatic rings. The summed E-state index contributed by atoms with van der Waals surface area (Å²) in [6, 6.07) is 1.57. The Hall–Kier alpha value is -1.46. The summed E-state index contributed by atoms with van der Waals surface area (Å²) >= 11 is 0. The Labute approximate surface area is 70.9 Å². The van der Waals surface area contributed by atoms with Gasteiger partial charge in [0, 0.05) is 0 Å². The van der Waals surface area contributed by atoms with Crippen molar-refractivity contribution in [2.24, 2.45) is 0 Å². The van der Waals surface area contributed by atoms with E-state index in [1.54, 1.807) is 6.07 Å². The van der Waals surface area contributed by atoms with E-state index >= 15 is 0 Å². The minimum Gasteiger partial charge on any atom is -0.421 e. The standard InChI is InChI=1S/C7H8NO3P/c1-4-10-12(9,11-5-2)7(3)6-8/h4-5H,1-3H2. The molecule has 0 fully saturated rings. The minimum atomic E-state index is -3.60. The molecule has 0 saturated carbocycles. The van der Waals surface area contributed by atoms with Crippen LogP contribution in [0.1, 0.15) is 0 Å². The first kappa shape index (κ1) is 10.5. The van der Waals surface area contributed by atoms with E-state index in [2.05, 4.69) is 28.8 Å². The number of hydrogen-bond donors (Lipinski definition) is 0. The van der Waals surface area contributed by atoms with Gasteiger partial charge in [0.15, 0.2) is 5.31 Å². The van der Waals surface area contributed by atoms with Gasteiger partial charge in [-0.15, -0.1) is 0 Å². The molecule has 0 aliphatic carbocycles. The van der Waals surface area contributed by atoms with E-state index in [0.29, 0.717) is 0 Å². The fourth-order valence-corrected chi connectivity index (χ4v) is 1.23. The van der Waals surface area contributed by atoms with Crippen LogP contribution in [0.25, 0.3) is 0 Å². The first-order chi connectivity index (χ1) is 5.60. The third-order valence-corrected chi connectivity index (χ3v) is 2.50. The molecule has 0 atom stereocenters. The average molecular weight is 185 g/mol. The molecular weight excluding hydrogens is 177 g/mol. The molecule has 0 bridgehead atoms. The van der Waals surface area contributed by atoms with Crippen molar-refractivity contribution in [3.05, 3.63) is 37.6 Å². The van der Waals surface area contributed by atoms with Crippen LogP contribution in [0, 0.1) is 11.3 Å². The van der Waals surface area contributed by atoms with Crippen molar-refractivity contribution in [3.63, 3.8) is 0 Å². The van der Waals surface area contributed by atoms with Crippen molar-refractivity contribution in [1.29, 1.82) is 5.26 Å². The Morgan fingerprint density at radius 3 is 2.08 bits per heavy atom. The largest absolute Gasteiger partial charge is 0.471 e. The predicted molar refractivity (Wildman–Crippen MR) is 44.9 cm³/mol. The van der Waals surface area contributed by atoms with E-state index in [1.807, 2.05) is 0 Å². The van der Waals surface area contributed by atoms with Gasteiger partial charge in [-0.1, -0.05) is 19.7 Å². The highest BCUT2D eigenvalue weighted by Gasteiger charge is 2.29. The van der Waals surface area contributed by atoms with E-state index in [9.17, 15) is 4.57 Å². The van der Waals surface area contributed by atoms with Gasteiger partial charge in [-0.3, -0.25) is 0 Å². The summed E-state index contributed by atoms with van der Waals surface area (Å²) in [6.45, 7) is 9.58. The molecule has 64 valence electrons. The Morgan fingerprint density at radius 1 is 1.42 bits per heavy atom. The van der Waals surface area contributed by atoms with E-state index in [0.717, 1.165) is 12.5 Å². The number of hydrogen-bond acceptors (Lipinski definition) is 4. The van der Waals surface area contributed by atoms with Crippen LogP contribution >= 0.6 is 7.60 Å². The molecule has 0 aliphatic heterocycles. The molecule has 4 nitrogen and oxygen atoms in total. The van der Waals surface area contributed by atoms with Gasteiger partial charge in [0.25, 0.3) is 0 Å². The third kappa shape index (κ3) is 2.30. The molecule has 0 rings (SSSR count). The molecule has 0 saturated heterocycles. The van der Waals surface area contributed by atoms with Crippen LogP contribution in [-0.4, -0.2) is 0 Å². The molecule has 5 heteroatoms. The maximum atomic E-state index is 11.4. The summed E-state index contributed by atoms with van der Waals surface area (Å²) in [5.41, 5.74) is 0. The van der Waals surface area contributed by atoms with Crippen LogP contribution in [0.3, 0.4) is 0 Å². The van der Waals surface area contributed by atoms with Crippen LogP contribution in [0.15, 0.2) is 37.6 Å². The number of nitrogens with zero attached hydrogens (tertiary/aromatic N) is 1. The van der Waals surface area contributed by atoms with E-state index in [1.165, 1.54) is 0 Å². The summed E-state index contributed by atoms with van der Waals surface area (Å²) in [6.07, 6.45) is 1.85. The van der Waals surface area contributed by atoms with Gasteiger partial charge < -0.3 is 9.05 Å². The normalized spacial score (nSPS) is 9.25. The van der Waals surface area contributed by atoms with Gasteiger partial charge in [-0.05, 0) is 0 Å². The molecule has 0 aliphatic rings. The summed E-state index contributed by atoms with van der Waals surface area (Å²) in [7, 11) is -3.60. The second kappa shape index (κ2) is 4.42. The van der Waals surface area contributed by atoms with Crippen molar-refractivity contribution in [2.75, 3.05) is 0 Å². The quantitative estimate of drug-likeness (QED) is 0.375. The topological polar surface area (TPSA) is 59.3 Å². The van der Waals surface area contributed by atoms with Crippen LogP contribution in [0.4, 0.5) is 0 Å². The molecule has 0 aromatic carbocycles. The zero-order valence-corrected chi connectivity index (χ0v) is 7.29. The highest BCUT2D eigenvalue weighted by molar-refractivity contribution is 7.59. The lowest BCUT2D eigenvalue weighted by Gasteiger charge is -2.12. The van der Waals surface area contributed by atoms with E-state index in [-0.39, 0.29) is 5.31 Å². The summed E-state index contributed by atoms with van der Waals surface area (Å²) in [5.74, 6) is 0. The number of nitriles is 1. The zero-order valence-electron chi connectivity index (χ0n) is 6.40.